The van der Waals surface area contributed by atoms with Gasteiger partial charge in [0.25, 0.3) is 11.6 Å². The van der Waals surface area contributed by atoms with Gasteiger partial charge in [0.2, 0.25) is 0 Å². The highest BCUT2D eigenvalue weighted by atomic mass is 16.6. The third-order valence-corrected chi connectivity index (χ3v) is 3.28. The maximum Gasteiger partial charge on any atom is 0.287 e. The zero-order valence-corrected chi connectivity index (χ0v) is 12.5. The van der Waals surface area contributed by atoms with Crippen LogP contribution in [0.5, 0.6) is 0 Å². The van der Waals surface area contributed by atoms with Crippen molar-refractivity contribution in [3.63, 3.8) is 0 Å². The number of rotatable bonds is 6. The minimum absolute atomic E-state index is 0.0984. The van der Waals surface area contributed by atoms with E-state index in [2.05, 4.69) is 0 Å². The molecule has 8 heteroatoms. The van der Waals surface area contributed by atoms with E-state index in [0.717, 1.165) is 11.6 Å². The van der Waals surface area contributed by atoms with Gasteiger partial charge in [-0.1, -0.05) is 36.4 Å². The Morgan fingerprint density at radius 3 is 2.62 bits per heavy atom. The van der Waals surface area contributed by atoms with E-state index < -0.39 is 22.6 Å². The van der Waals surface area contributed by atoms with Gasteiger partial charge in [-0.3, -0.25) is 20.3 Å². The Kier molecular flexibility index (Phi) is 5.57. The van der Waals surface area contributed by atoms with Crippen LogP contribution in [0.3, 0.4) is 0 Å². The van der Waals surface area contributed by atoms with Crippen molar-refractivity contribution in [1.29, 1.82) is 5.26 Å². The maximum absolute atomic E-state index is 12.0. The minimum atomic E-state index is -1.14. The smallest absolute Gasteiger partial charge is 0.287 e. The third-order valence-electron chi connectivity index (χ3n) is 3.28. The highest BCUT2D eigenvalue weighted by Crippen LogP contribution is 2.26. The molecule has 0 aliphatic carbocycles. The number of nitrogens with one attached hydrogen (secondary N) is 1. The van der Waals surface area contributed by atoms with Crippen LogP contribution >= 0.6 is 0 Å². The number of hydrazine groups is 1. The van der Waals surface area contributed by atoms with E-state index in [1.165, 1.54) is 12.1 Å². The SMILES string of the molecule is N#Cc1ccc(C(OCc2ccccc2)C(=O)NN)cc1[N+](=O)[O-]. The Bertz CT molecular complexity index is 786. The molecule has 0 fully saturated rings. The number of amides is 1. The van der Waals surface area contributed by atoms with E-state index in [9.17, 15) is 14.9 Å². The molecule has 0 saturated heterocycles. The Morgan fingerprint density at radius 1 is 1.33 bits per heavy atom. The molecule has 0 spiro atoms. The van der Waals surface area contributed by atoms with Gasteiger partial charge in [-0.15, -0.1) is 0 Å². The average molecular weight is 326 g/mol. The summed E-state index contributed by atoms with van der Waals surface area (Å²) in [4.78, 5) is 22.4. The van der Waals surface area contributed by atoms with E-state index in [-0.39, 0.29) is 17.7 Å². The van der Waals surface area contributed by atoms with E-state index in [1.54, 1.807) is 6.07 Å². The second-order valence-electron chi connectivity index (χ2n) is 4.83. The van der Waals surface area contributed by atoms with Crippen LogP contribution in [0.15, 0.2) is 48.5 Å². The van der Waals surface area contributed by atoms with Crippen molar-refractivity contribution in [1.82, 2.24) is 5.43 Å². The molecule has 3 N–H and O–H groups in total. The molecule has 2 aromatic carbocycles. The Labute approximate surface area is 137 Å². The van der Waals surface area contributed by atoms with Crippen molar-refractivity contribution in [3.8, 4) is 6.07 Å². The first-order chi connectivity index (χ1) is 11.6. The molecule has 0 heterocycles. The summed E-state index contributed by atoms with van der Waals surface area (Å²) in [5.41, 5.74) is 2.55. The van der Waals surface area contributed by atoms with Crippen molar-refractivity contribution >= 4 is 11.6 Å². The van der Waals surface area contributed by atoms with Crippen LogP contribution < -0.4 is 11.3 Å². The summed E-state index contributed by atoms with van der Waals surface area (Å²) in [5.74, 6) is 4.52. The van der Waals surface area contributed by atoms with Gasteiger partial charge in [0.05, 0.1) is 11.5 Å². The highest BCUT2D eigenvalue weighted by Gasteiger charge is 2.24. The molecule has 0 aliphatic rings. The normalized spacial score (nSPS) is 11.3. The molecule has 2 rings (SSSR count). The molecule has 0 radical (unpaired) electrons. The summed E-state index contributed by atoms with van der Waals surface area (Å²) >= 11 is 0. The fraction of sp³-hybridized carbons (Fsp3) is 0.125. The van der Waals surface area contributed by atoms with Gasteiger partial charge in [0, 0.05) is 6.07 Å². The van der Waals surface area contributed by atoms with E-state index in [0.29, 0.717) is 0 Å². The molecular formula is C16H14N4O4. The second kappa shape index (κ2) is 7.82. The second-order valence-corrected chi connectivity index (χ2v) is 4.83. The quantitative estimate of drug-likeness (QED) is 0.359. The standard InChI is InChI=1S/C16H14N4O4/c17-9-13-7-6-12(8-14(13)20(22)23)15(16(21)19-18)24-10-11-4-2-1-3-5-11/h1-8,15H,10,18H2,(H,19,21). The van der Waals surface area contributed by atoms with Crippen LogP contribution in [-0.4, -0.2) is 10.8 Å². The van der Waals surface area contributed by atoms with E-state index >= 15 is 0 Å². The van der Waals surface area contributed by atoms with Gasteiger partial charge >= 0.3 is 0 Å². The first-order valence-electron chi connectivity index (χ1n) is 6.91. The number of nitro groups is 1. The van der Waals surface area contributed by atoms with Gasteiger partial charge in [0.1, 0.15) is 11.6 Å². The lowest BCUT2D eigenvalue weighted by molar-refractivity contribution is -0.385. The number of benzene rings is 2. The number of nitrogens with zero attached hydrogens (tertiary/aromatic N) is 2. The van der Waals surface area contributed by atoms with Gasteiger partial charge in [-0.25, -0.2) is 5.84 Å². The fourth-order valence-corrected chi connectivity index (χ4v) is 2.11. The number of hydrogen-bond donors (Lipinski definition) is 2. The lowest BCUT2D eigenvalue weighted by atomic mass is 10.0. The summed E-state index contributed by atoms with van der Waals surface area (Å²) in [7, 11) is 0. The van der Waals surface area contributed by atoms with E-state index in [4.69, 9.17) is 15.8 Å². The number of nitriles is 1. The maximum atomic E-state index is 12.0. The van der Waals surface area contributed by atoms with Crippen molar-refractivity contribution in [3.05, 3.63) is 75.3 Å². The molecule has 0 bridgehead atoms. The summed E-state index contributed by atoms with van der Waals surface area (Å²) in [6, 6.07) is 14.7. The highest BCUT2D eigenvalue weighted by molar-refractivity contribution is 5.82. The van der Waals surface area contributed by atoms with Crippen molar-refractivity contribution < 1.29 is 14.5 Å². The molecule has 122 valence electrons. The monoisotopic (exact) mass is 326 g/mol. The van der Waals surface area contributed by atoms with Gasteiger partial charge in [0.15, 0.2) is 6.10 Å². The Hall–Kier alpha value is -3.28. The first-order valence-corrected chi connectivity index (χ1v) is 6.91. The minimum Gasteiger partial charge on any atom is -0.359 e. The zero-order chi connectivity index (χ0) is 17.5. The molecule has 0 saturated carbocycles. The van der Waals surface area contributed by atoms with Crippen LogP contribution in [-0.2, 0) is 16.1 Å². The van der Waals surface area contributed by atoms with Gasteiger partial charge in [-0.05, 0) is 17.2 Å². The molecule has 1 amide bonds. The topological polar surface area (TPSA) is 131 Å². The van der Waals surface area contributed by atoms with Crippen LogP contribution in [0.25, 0.3) is 0 Å². The number of nitro benzene ring substituents is 1. The Balaban J connectivity index is 2.31. The first kappa shape index (κ1) is 17.1. The van der Waals surface area contributed by atoms with Crippen LogP contribution in [0.4, 0.5) is 5.69 Å². The predicted octanol–water partition coefficient (Wildman–Crippen LogP) is 1.71. The largest absolute Gasteiger partial charge is 0.359 e. The zero-order valence-electron chi connectivity index (χ0n) is 12.5. The number of nitrogens with two attached hydrogens (primary N) is 1. The number of ether oxygens (including phenoxy) is 1. The summed E-state index contributed by atoms with van der Waals surface area (Å²) in [6.07, 6.45) is -1.14. The summed E-state index contributed by atoms with van der Waals surface area (Å²) in [6.45, 7) is 0.118. The predicted molar refractivity (Wildman–Crippen MR) is 84.1 cm³/mol. The molecule has 0 aromatic heterocycles. The lowest BCUT2D eigenvalue weighted by Gasteiger charge is -2.17. The summed E-state index contributed by atoms with van der Waals surface area (Å²) in [5, 5.41) is 20.0. The number of carbonyl (C=O) groups excluding carboxylic acids is 1. The summed E-state index contributed by atoms with van der Waals surface area (Å²) < 4.78 is 5.58. The molecule has 1 atom stereocenters. The lowest BCUT2D eigenvalue weighted by Crippen LogP contribution is -2.35. The Morgan fingerprint density at radius 2 is 2.04 bits per heavy atom. The van der Waals surface area contributed by atoms with E-state index in [1.807, 2.05) is 35.8 Å². The van der Waals surface area contributed by atoms with Gasteiger partial charge < -0.3 is 4.74 Å². The van der Waals surface area contributed by atoms with Crippen LogP contribution in [0.1, 0.15) is 22.8 Å². The third kappa shape index (κ3) is 3.92. The number of carbonyl (C=O) groups is 1. The van der Waals surface area contributed by atoms with Crippen molar-refractivity contribution in [2.75, 3.05) is 0 Å². The molecule has 8 nitrogen and oxygen atoms in total. The molecule has 0 aliphatic heterocycles. The number of hydrogen-bond acceptors (Lipinski definition) is 6. The molecule has 1 unspecified atom stereocenters. The molecule has 24 heavy (non-hydrogen) atoms. The molecule has 2 aromatic rings. The van der Waals surface area contributed by atoms with Crippen LogP contribution in [0.2, 0.25) is 0 Å². The molecular weight excluding hydrogens is 312 g/mol. The fourth-order valence-electron chi connectivity index (χ4n) is 2.11. The van der Waals surface area contributed by atoms with Crippen molar-refractivity contribution in [2.45, 2.75) is 12.7 Å². The average Bonchev–Trinajstić information content (AvgIpc) is 2.62. The van der Waals surface area contributed by atoms with Crippen LogP contribution in [0, 0.1) is 21.4 Å². The van der Waals surface area contributed by atoms with Crippen molar-refractivity contribution in [2.24, 2.45) is 5.84 Å². The van der Waals surface area contributed by atoms with Gasteiger partial charge in [-0.2, -0.15) is 5.26 Å².